The summed E-state index contributed by atoms with van der Waals surface area (Å²) in [6.07, 6.45) is -3.43. The molecule has 2 rings (SSSR count). The molecule has 0 aromatic heterocycles. The summed E-state index contributed by atoms with van der Waals surface area (Å²) in [4.78, 5) is 20.8. The number of nitrogens with zero attached hydrogens (tertiary/aromatic N) is 2. The van der Waals surface area contributed by atoms with Crippen molar-refractivity contribution in [1.82, 2.24) is 0 Å². The Morgan fingerprint density at radius 1 is 0.771 bits per heavy atom. The summed E-state index contributed by atoms with van der Waals surface area (Å²) in [5.41, 5.74) is -0.591. The first-order chi connectivity index (χ1) is 16.5. The van der Waals surface area contributed by atoms with Gasteiger partial charge in [0.1, 0.15) is 0 Å². The summed E-state index contributed by atoms with van der Waals surface area (Å²) >= 11 is 0. The van der Waals surface area contributed by atoms with Gasteiger partial charge in [0, 0.05) is 59.9 Å². The van der Waals surface area contributed by atoms with E-state index in [-0.39, 0.29) is 60.2 Å². The third-order valence-corrected chi connectivity index (χ3v) is 6.54. The second kappa shape index (κ2) is 12.4. The number of sulfone groups is 1. The molecule has 0 aliphatic heterocycles. The van der Waals surface area contributed by atoms with Crippen molar-refractivity contribution in [2.24, 2.45) is 0 Å². The predicted octanol–water partition coefficient (Wildman–Crippen LogP) is 0.493. The lowest BCUT2D eigenvalue weighted by molar-refractivity contribution is -0.385. The van der Waals surface area contributed by atoms with E-state index in [1.54, 1.807) is 0 Å². The minimum absolute atomic E-state index is 0.0411. The zero-order valence-corrected chi connectivity index (χ0v) is 19.2. The molecule has 15 heteroatoms. The molecule has 0 saturated carbocycles. The summed E-state index contributed by atoms with van der Waals surface area (Å²) in [7, 11) is -4.21. The molecule has 2 aromatic carbocycles. The summed E-state index contributed by atoms with van der Waals surface area (Å²) in [6.45, 7) is -0.488. The van der Waals surface area contributed by atoms with Crippen molar-refractivity contribution < 1.29 is 38.7 Å². The molecule has 2 atom stereocenters. The summed E-state index contributed by atoms with van der Waals surface area (Å²) < 4.78 is 25.6. The van der Waals surface area contributed by atoms with Crippen LogP contribution in [0.4, 0.5) is 22.7 Å². The molecule has 0 fully saturated rings. The normalized spacial score (nSPS) is 13.1. The third kappa shape index (κ3) is 7.83. The average molecular weight is 515 g/mol. The number of nitro benzene ring substituents is 2. The minimum Gasteiger partial charge on any atom is -0.395 e. The molecule has 35 heavy (non-hydrogen) atoms. The van der Waals surface area contributed by atoms with Crippen LogP contribution in [0.25, 0.3) is 0 Å². The van der Waals surface area contributed by atoms with Gasteiger partial charge in [-0.1, -0.05) is 0 Å². The number of aliphatic hydroxyl groups is 4. The number of rotatable bonds is 14. The third-order valence-electron chi connectivity index (χ3n) is 4.89. The molecule has 0 heterocycles. The Balaban J connectivity index is 2.30. The Kier molecular flexibility index (Phi) is 9.85. The van der Waals surface area contributed by atoms with Crippen molar-refractivity contribution in [2.75, 3.05) is 48.4 Å². The zero-order chi connectivity index (χ0) is 26.2. The highest BCUT2D eigenvalue weighted by Gasteiger charge is 2.28. The van der Waals surface area contributed by atoms with E-state index < -0.39 is 43.4 Å². The van der Waals surface area contributed by atoms with E-state index in [2.05, 4.69) is 10.6 Å². The highest BCUT2D eigenvalue weighted by Crippen LogP contribution is 2.31. The fraction of sp³-hybridized carbons (Fsp3) is 0.400. The lowest BCUT2D eigenvalue weighted by Crippen LogP contribution is -2.23. The maximum atomic E-state index is 12.8. The number of aliphatic hydroxyl groups excluding tert-OH is 4. The van der Waals surface area contributed by atoms with E-state index in [1.165, 1.54) is 12.1 Å². The Morgan fingerprint density at radius 2 is 1.14 bits per heavy atom. The van der Waals surface area contributed by atoms with E-state index in [0.717, 1.165) is 24.3 Å². The first-order valence-electron chi connectivity index (χ1n) is 10.3. The minimum atomic E-state index is -4.21. The monoisotopic (exact) mass is 514 g/mol. The highest BCUT2D eigenvalue weighted by molar-refractivity contribution is 7.91. The number of hydrogen-bond acceptors (Lipinski definition) is 12. The van der Waals surface area contributed by atoms with E-state index in [0.29, 0.717) is 0 Å². The Bertz CT molecular complexity index is 1080. The van der Waals surface area contributed by atoms with E-state index in [4.69, 9.17) is 10.2 Å². The van der Waals surface area contributed by atoms with Gasteiger partial charge in [0.2, 0.25) is 0 Å². The van der Waals surface area contributed by atoms with Crippen LogP contribution in [-0.4, -0.2) is 76.5 Å². The van der Waals surface area contributed by atoms with Gasteiger partial charge in [-0.3, -0.25) is 20.2 Å². The molecule has 0 radical (unpaired) electrons. The molecule has 192 valence electrons. The number of hydrogen-bond donors (Lipinski definition) is 6. The fourth-order valence-corrected chi connectivity index (χ4v) is 4.77. The maximum absolute atomic E-state index is 12.8. The molecule has 14 nitrogen and oxygen atoms in total. The van der Waals surface area contributed by atoms with Crippen LogP contribution in [0.2, 0.25) is 0 Å². The Hall–Kier alpha value is -3.37. The second-order valence-electron chi connectivity index (χ2n) is 7.47. The smallest absolute Gasteiger partial charge is 0.269 e. The van der Waals surface area contributed by atoms with Crippen molar-refractivity contribution in [3.05, 3.63) is 67.8 Å². The molecule has 0 aliphatic carbocycles. The first kappa shape index (κ1) is 27.9. The van der Waals surface area contributed by atoms with Crippen LogP contribution in [0.1, 0.15) is 23.3 Å². The van der Waals surface area contributed by atoms with Gasteiger partial charge in [-0.15, -0.1) is 0 Å². The topological polar surface area (TPSA) is 225 Å². The van der Waals surface area contributed by atoms with E-state index >= 15 is 0 Å². The van der Waals surface area contributed by atoms with Gasteiger partial charge in [0.05, 0.1) is 46.8 Å². The lowest BCUT2D eigenvalue weighted by Gasteiger charge is -2.19. The van der Waals surface area contributed by atoms with Gasteiger partial charge >= 0.3 is 0 Å². The maximum Gasteiger partial charge on any atom is 0.269 e. The summed E-state index contributed by atoms with van der Waals surface area (Å²) in [5.74, 6) is -1.82. The van der Waals surface area contributed by atoms with E-state index in [9.17, 15) is 38.9 Å². The highest BCUT2D eigenvalue weighted by atomic mass is 32.2. The van der Waals surface area contributed by atoms with Crippen LogP contribution in [-0.2, 0) is 9.84 Å². The molecular weight excluding hydrogens is 488 g/mol. The van der Waals surface area contributed by atoms with Crippen molar-refractivity contribution in [2.45, 2.75) is 12.2 Å². The van der Waals surface area contributed by atoms with Gasteiger partial charge in [0.25, 0.3) is 11.4 Å². The van der Waals surface area contributed by atoms with Gasteiger partial charge in [-0.25, -0.2) is 8.42 Å². The van der Waals surface area contributed by atoms with Crippen molar-refractivity contribution >= 4 is 32.6 Å². The van der Waals surface area contributed by atoms with Gasteiger partial charge in [-0.2, -0.15) is 0 Å². The Morgan fingerprint density at radius 3 is 1.46 bits per heavy atom. The predicted molar refractivity (Wildman–Crippen MR) is 126 cm³/mol. The average Bonchev–Trinajstić information content (AvgIpc) is 2.80. The summed E-state index contributed by atoms with van der Waals surface area (Å²) in [6, 6.07) is 6.86. The molecule has 0 bridgehead atoms. The largest absolute Gasteiger partial charge is 0.395 e. The second-order valence-corrected chi connectivity index (χ2v) is 9.62. The van der Waals surface area contributed by atoms with Crippen LogP contribution in [0.15, 0.2) is 36.4 Å². The van der Waals surface area contributed by atoms with Crippen molar-refractivity contribution in [3.63, 3.8) is 0 Å². The van der Waals surface area contributed by atoms with Crippen LogP contribution >= 0.6 is 0 Å². The van der Waals surface area contributed by atoms with E-state index in [1.807, 2.05) is 0 Å². The number of nitro groups is 2. The number of nitrogens with one attached hydrogen (secondary N) is 2. The molecule has 2 aromatic rings. The molecule has 6 N–H and O–H groups in total. The first-order valence-corrected chi connectivity index (χ1v) is 12.1. The molecular formula is C20H26N4O10S. The lowest BCUT2D eigenvalue weighted by atomic mass is 10.1. The number of non-ortho nitro benzene ring substituents is 2. The standard InChI is InChI=1S/C20H26N4O10S/c25-7-5-21-17-3-1-13(23(29)30)9-15(17)19(27)11-35(33,34)12-20(28)16-10-14(24(31)32)2-4-18(16)22-6-8-26/h1-4,9-10,19-22,25-28H,5-8,11-12H2. The quantitative estimate of drug-likeness (QED) is 0.150. The van der Waals surface area contributed by atoms with Crippen LogP contribution in [0, 0.1) is 20.2 Å². The zero-order valence-electron chi connectivity index (χ0n) is 18.4. The molecule has 0 amide bonds. The van der Waals surface area contributed by atoms with Crippen molar-refractivity contribution in [1.29, 1.82) is 0 Å². The van der Waals surface area contributed by atoms with Gasteiger partial charge in [0.15, 0.2) is 9.84 Å². The van der Waals surface area contributed by atoms with Crippen LogP contribution < -0.4 is 10.6 Å². The van der Waals surface area contributed by atoms with Crippen LogP contribution in [0.5, 0.6) is 0 Å². The number of anilines is 2. The molecule has 0 spiro atoms. The van der Waals surface area contributed by atoms with Gasteiger partial charge in [-0.05, 0) is 12.1 Å². The molecule has 0 saturated heterocycles. The van der Waals surface area contributed by atoms with Crippen LogP contribution in [0.3, 0.4) is 0 Å². The molecule has 2 unspecified atom stereocenters. The Labute approximate surface area is 200 Å². The summed E-state index contributed by atoms with van der Waals surface area (Å²) in [5, 5.41) is 66.9. The molecule has 0 aliphatic rings. The SMILES string of the molecule is O=[N+]([O-])c1ccc(NCCO)c(C(O)CS(=O)(=O)CC(O)c2cc([N+](=O)[O-])ccc2NCCO)c1. The fourth-order valence-electron chi connectivity index (χ4n) is 3.31. The van der Waals surface area contributed by atoms with Crippen molar-refractivity contribution in [3.8, 4) is 0 Å². The number of benzene rings is 2. The van der Waals surface area contributed by atoms with Gasteiger partial charge < -0.3 is 31.1 Å².